The van der Waals surface area contributed by atoms with Crippen molar-refractivity contribution in [2.24, 2.45) is 5.73 Å². The molecule has 0 saturated heterocycles. The Bertz CT molecular complexity index is 1050. The summed E-state index contributed by atoms with van der Waals surface area (Å²) in [5, 5.41) is 14.6. The lowest BCUT2D eigenvalue weighted by Gasteiger charge is -2.25. The zero-order valence-corrected chi connectivity index (χ0v) is 18.1. The van der Waals surface area contributed by atoms with Gasteiger partial charge in [-0.1, -0.05) is 0 Å². The molecule has 0 spiro atoms. The average Bonchev–Trinajstić information content (AvgIpc) is 2.76. The third-order valence-corrected chi connectivity index (χ3v) is 5.30. The second kappa shape index (κ2) is 9.61. The van der Waals surface area contributed by atoms with E-state index in [1.165, 1.54) is 18.3 Å². The number of halogens is 1. The monoisotopic (exact) mass is 424 g/mol. The fourth-order valence-electron chi connectivity index (χ4n) is 3.82. The van der Waals surface area contributed by atoms with Crippen LogP contribution in [0.25, 0.3) is 11.4 Å². The largest absolute Gasteiger partial charge is 0.482 e. The van der Waals surface area contributed by atoms with Gasteiger partial charge in [0.15, 0.2) is 11.6 Å². The second-order valence-corrected chi connectivity index (χ2v) is 7.28. The maximum atomic E-state index is 14.2. The van der Waals surface area contributed by atoms with Crippen LogP contribution in [0.1, 0.15) is 43.1 Å². The highest BCUT2D eigenvalue weighted by Crippen LogP contribution is 2.35. The Morgan fingerprint density at radius 2 is 2.10 bits per heavy atom. The van der Waals surface area contributed by atoms with Gasteiger partial charge in [0.1, 0.15) is 11.9 Å². The maximum absolute atomic E-state index is 14.2. The first-order valence-corrected chi connectivity index (χ1v) is 10.2. The van der Waals surface area contributed by atoms with Crippen LogP contribution in [0.4, 0.5) is 10.2 Å². The van der Waals surface area contributed by atoms with Crippen molar-refractivity contribution in [2.45, 2.75) is 26.4 Å². The van der Waals surface area contributed by atoms with Crippen molar-refractivity contribution in [2.75, 3.05) is 25.9 Å². The molecule has 2 bridgehead atoms. The van der Waals surface area contributed by atoms with E-state index in [1.54, 1.807) is 25.4 Å². The molecule has 1 aromatic carbocycles. The summed E-state index contributed by atoms with van der Waals surface area (Å²) >= 11 is 0. The molecule has 0 saturated carbocycles. The third-order valence-electron chi connectivity index (χ3n) is 5.30. The maximum Gasteiger partial charge on any atom is 0.166 e. The lowest BCUT2D eigenvalue weighted by atomic mass is 9.93. The third kappa shape index (κ3) is 4.54. The van der Waals surface area contributed by atoms with Gasteiger partial charge in [-0.3, -0.25) is 0 Å². The highest BCUT2D eigenvalue weighted by atomic mass is 19.1. The predicted molar refractivity (Wildman–Crippen MR) is 123 cm³/mol. The van der Waals surface area contributed by atoms with Crippen LogP contribution in [0, 0.1) is 11.2 Å². The van der Waals surface area contributed by atoms with E-state index in [4.69, 9.17) is 21.6 Å². The molecule has 8 heteroatoms. The van der Waals surface area contributed by atoms with Crippen LogP contribution in [0.5, 0.6) is 5.75 Å². The van der Waals surface area contributed by atoms with Crippen molar-refractivity contribution in [3.8, 4) is 5.75 Å². The zero-order chi connectivity index (χ0) is 22.5. The van der Waals surface area contributed by atoms with Crippen LogP contribution in [0.3, 0.4) is 0 Å². The standard InChI is InChI=1S/C23H29FN6O/c1-4-29-22-15(11-26)7-14(10-25)21(28-3)16-8-20(23(27)30-12-16)31-13(2)19-9-17(24)5-6-18(19)22/h5-6,8-10,12-13,25,28-29H,4,7,11,26H2,1-3H3,(H2,27,30)/b21-14-,22-15-,25-10?. The minimum absolute atomic E-state index is 0.238. The number of hydrogen-bond donors (Lipinski definition) is 5. The second-order valence-electron chi connectivity index (χ2n) is 7.28. The zero-order valence-electron chi connectivity index (χ0n) is 18.1. The van der Waals surface area contributed by atoms with Crippen molar-refractivity contribution in [3.63, 3.8) is 0 Å². The first-order chi connectivity index (χ1) is 14.9. The SMILES string of the molecule is CCN/C1=C(\CN)C/C(C=N)=C(/NC)c2cnc(N)c(c2)OC(C)c2cc(F)ccc21. The molecule has 0 radical (unpaired) electrons. The minimum Gasteiger partial charge on any atom is -0.482 e. The number of nitrogen functional groups attached to an aromatic ring is 1. The molecular weight excluding hydrogens is 395 g/mol. The van der Waals surface area contributed by atoms with Gasteiger partial charge in [0.25, 0.3) is 0 Å². The number of nitrogens with zero attached hydrogens (tertiary/aromatic N) is 1. The Morgan fingerprint density at radius 1 is 1.32 bits per heavy atom. The van der Waals surface area contributed by atoms with Crippen LogP contribution in [-0.2, 0) is 0 Å². The normalized spacial score (nSPS) is 21.3. The van der Waals surface area contributed by atoms with E-state index in [9.17, 15) is 4.39 Å². The van der Waals surface area contributed by atoms with Crippen LogP contribution in [0.2, 0.25) is 0 Å². The van der Waals surface area contributed by atoms with Crippen LogP contribution < -0.4 is 26.8 Å². The molecule has 2 aromatic rings. The van der Waals surface area contributed by atoms with Crippen molar-refractivity contribution >= 4 is 23.4 Å². The molecule has 1 aliphatic rings. The number of nitrogens with two attached hydrogens (primary N) is 2. The van der Waals surface area contributed by atoms with Crippen molar-refractivity contribution in [1.82, 2.24) is 15.6 Å². The Hall–Kier alpha value is -3.39. The summed E-state index contributed by atoms with van der Waals surface area (Å²) in [6, 6.07) is 6.41. The molecule has 1 aromatic heterocycles. The van der Waals surface area contributed by atoms with E-state index in [0.717, 1.165) is 33.7 Å². The van der Waals surface area contributed by atoms with Gasteiger partial charge < -0.3 is 32.2 Å². The first-order valence-electron chi connectivity index (χ1n) is 10.2. The van der Waals surface area contributed by atoms with E-state index in [2.05, 4.69) is 15.6 Å². The van der Waals surface area contributed by atoms with E-state index >= 15 is 0 Å². The molecule has 31 heavy (non-hydrogen) atoms. The number of ether oxygens (including phenoxy) is 1. The molecule has 7 nitrogen and oxygen atoms in total. The van der Waals surface area contributed by atoms with E-state index < -0.39 is 6.10 Å². The highest BCUT2D eigenvalue weighted by molar-refractivity contribution is 5.90. The van der Waals surface area contributed by atoms with Gasteiger partial charge in [-0.25, -0.2) is 9.37 Å². The molecule has 0 aliphatic carbocycles. The van der Waals surface area contributed by atoms with Crippen LogP contribution >= 0.6 is 0 Å². The number of rotatable bonds is 5. The number of aromatic nitrogens is 1. The van der Waals surface area contributed by atoms with E-state index in [-0.39, 0.29) is 18.2 Å². The van der Waals surface area contributed by atoms with Crippen LogP contribution in [0.15, 0.2) is 41.6 Å². The smallest absolute Gasteiger partial charge is 0.166 e. The van der Waals surface area contributed by atoms with Crippen LogP contribution in [-0.4, -0.2) is 31.3 Å². The van der Waals surface area contributed by atoms with Gasteiger partial charge >= 0.3 is 0 Å². The summed E-state index contributed by atoms with van der Waals surface area (Å²) in [7, 11) is 1.79. The number of allylic oxidation sites excluding steroid dienone is 1. The molecule has 2 heterocycles. The highest BCUT2D eigenvalue weighted by Gasteiger charge is 2.22. The number of fused-ring (bicyclic) bond motifs is 3. The summed E-state index contributed by atoms with van der Waals surface area (Å²) < 4.78 is 20.4. The van der Waals surface area contributed by atoms with Crippen molar-refractivity contribution in [3.05, 3.63) is 64.1 Å². The lowest BCUT2D eigenvalue weighted by Crippen LogP contribution is -2.21. The summed E-state index contributed by atoms with van der Waals surface area (Å²) in [4.78, 5) is 4.27. The summed E-state index contributed by atoms with van der Waals surface area (Å²) in [5.74, 6) is 0.275. The molecule has 0 amide bonds. The van der Waals surface area contributed by atoms with Gasteiger partial charge in [0.05, 0.1) is 0 Å². The Kier molecular flexibility index (Phi) is 6.91. The topological polar surface area (TPSA) is 122 Å². The summed E-state index contributed by atoms with van der Waals surface area (Å²) in [5.41, 5.74) is 17.6. The van der Waals surface area contributed by atoms with Crippen molar-refractivity contribution in [1.29, 1.82) is 5.41 Å². The van der Waals surface area contributed by atoms with E-state index in [0.29, 0.717) is 24.3 Å². The molecule has 1 atom stereocenters. The predicted octanol–water partition coefficient (Wildman–Crippen LogP) is 3.21. The number of pyridine rings is 1. The molecule has 0 fully saturated rings. The Morgan fingerprint density at radius 3 is 2.74 bits per heavy atom. The van der Waals surface area contributed by atoms with Gasteiger partial charge in [-0.05, 0) is 49.3 Å². The van der Waals surface area contributed by atoms with Gasteiger partial charge in [0.2, 0.25) is 0 Å². The minimum atomic E-state index is -0.499. The number of benzene rings is 1. The fourth-order valence-corrected chi connectivity index (χ4v) is 3.82. The number of nitrogens with one attached hydrogen (secondary N) is 3. The molecule has 164 valence electrons. The van der Waals surface area contributed by atoms with Gasteiger partial charge in [-0.15, -0.1) is 0 Å². The summed E-state index contributed by atoms with van der Waals surface area (Å²) in [6.45, 7) is 4.76. The summed E-state index contributed by atoms with van der Waals surface area (Å²) in [6.07, 6.45) is 2.88. The molecule has 3 rings (SSSR count). The van der Waals surface area contributed by atoms with Gasteiger partial charge in [0, 0.05) is 67.1 Å². The average molecular weight is 425 g/mol. The molecule has 7 N–H and O–H groups in total. The van der Waals surface area contributed by atoms with Gasteiger partial charge in [-0.2, -0.15) is 0 Å². The molecular formula is C23H29FN6O. The quantitative estimate of drug-likeness (QED) is 0.470. The number of hydrogen-bond acceptors (Lipinski definition) is 7. The number of anilines is 1. The van der Waals surface area contributed by atoms with E-state index in [1.807, 2.05) is 13.8 Å². The Labute approximate surface area is 181 Å². The molecule has 1 unspecified atom stereocenters. The lowest BCUT2D eigenvalue weighted by molar-refractivity contribution is 0.226. The molecule has 1 aliphatic heterocycles. The first kappa shape index (κ1) is 22.3. The van der Waals surface area contributed by atoms with Crippen molar-refractivity contribution < 1.29 is 9.13 Å². The Balaban J connectivity index is 2.37. The fraction of sp³-hybridized carbons (Fsp3) is 0.304.